The van der Waals surface area contributed by atoms with Crippen LogP contribution in [0.4, 0.5) is 5.69 Å². The predicted octanol–water partition coefficient (Wildman–Crippen LogP) is 3.16. The molecule has 2 rings (SSSR count). The molecule has 0 bridgehead atoms. The molecule has 0 spiro atoms. The Morgan fingerprint density at radius 1 is 1.24 bits per heavy atom. The van der Waals surface area contributed by atoms with Crippen LogP contribution in [0.1, 0.15) is 24.6 Å². The first-order valence-electron chi connectivity index (χ1n) is 6.03. The molecule has 0 amide bonds. The summed E-state index contributed by atoms with van der Waals surface area (Å²) >= 11 is 0. The molecule has 3 nitrogen and oxygen atoms in total. The van der Waals surface area contributed by atoms with Gasteiger partial charge in [0.25, 0.3) is 0 Å². The molecule has 0 aliphatic heterocycles. The lowest BCUT2D eigenvalue weighted by molar-refractivity contribution is 0.587. The van der Waals surface area contributed by atoms with Crippen molar-refractivity contribution in [2.24, 2.45) is 0 Å². The number of rotatable bonds is 3. The van der Waals surface area contributed by atoms with E-state index in [1.54, 1.807) is 0 Å². The number of aryl methyl sites for hydroxylation is 1. The summed E-state index contributed by atoms with van der Waals surface area (Å²) in [4.78, 5) is 0. The summed E-state index contributed by atoms with van der Waals surface area (Å²) in [6, 6.07) is 6.03. The molecule has 3 heteroatoms. The fourth-order valence-corrected chi connectivity index (χ4v) is 2.09. The normalized spacial score (nSPS) is 10.8. The van der Waals surface area contributed by atoms with Crippen LogP contribution in [0.2, 0.25) is 0 Å². The second-order valence-electron chi connectivity index (χ2n) is 4.39. The van der Waals surface area contributed by atoms with Crippen LogP contribution in [0.3, 0.4) is 0 Å². The average molecular weight is 229 g/mol. The van der Waals surface area contributed by atoms with E-state index in [4.69, 9.17) is 5.73 Å². The molecule has 0 saturated carbocycles. The number of aromatic nitrogens is 2. The van der Waals surface area contributed by atoms with Gasteiger partial charge in [0.2, 0.25) is 0 Å². The van der Waals surface area contributed by atoms with Gasteiger partial charge in [-0.1, -0.05) is 19.1 Å². The van der Waals surface area contributed by atoms with Gasteiger partial charge in [0, 0.05) is 23.5 Å². The summed E-state index contributed by atoms with van der Waals surface area (Å²) in [5.41, 5.74) is 11.5. The third-order valence-corrected chi connectivity index (χ3v) is 3.20. The van der Waals surface area contributed by atoms with Crippen LogP contribution in [-0.2, 0) is 6.54 Å². The van der Waals surface area contributed by atoms with Gasteiger partial charge in [-0.25, -0.2) is 0 Å². The maximum atomic E-state index is 5.95. The largest absolute Gasteiger partial charge is 0.398 e. The fraction of sp³-hybridized carbons (Fsp3) is 0.357. The monoisotopic (exact) mass is 229 g/mol. The summed E-state index contributed by atoms with van der Waals surface area (Å²) in [6.07, 6.45) is 3.03. The van der Waals surface area contributed by atoms with Gasteiger partial charge >= 0.3 is 0 Å². The number of anilines is 1. The van der Waals surface area contributed by atoms with Gasteiger partial charge in [0.15, 0.2) is 0 Å². The highest BCUT2D eigenvalue weighted by atomic mass is 15.3. The van der Waals surface area contributed by atoms with Crippen molar-refractivity contribution in [1.29, 1.82) is 0 Å². The number of hydrogen-bond acceptors (Lipinski definition) is 2. The summed E-state index contributed by atoms with van der Waals surface area (Å²) in [5, 5.41) is 4.43. The second kappa shape index (κ2) is 4.62. The summed E-state index contributed by atoms with van der Waals surface area (Å²) in [6.45, 7) is 7.29. The van der Waals surface area contributed by atoms with Crippen LogP contribution in [0, 0.1) is 13.8 Å². The third kappa shape index (κ3) is 2.05. The van der Waals surface area contributed by atoms with Crippen molar-refractivity contribution in [3.8, 4) is 11.1 Å². The van der Waals surface area contributed by atoms with Gasteiger partial charge in [0.1, 0.15) is 0 Å². The molecule has 0 aliphatic carbocycles. The van der Waals surface area contributed by atoms with Crippen molar-refractivity contribution in [2.75, 3.05) is 5.73 Å². The zero-order valence-electron chi connectivity index (χ0n) is 10.7. The first-order chi connectivity index (χ1) is 8.15. The van der Waals surface area contributed by atoms with E-state index in [0.717, 1.165) is 24.2 Å². The molecule has 0 aliphatic rings. The summed E-state index contributed by atoms with van der Waals surface area (Å²) in [5.74, 6) is 0. The lowest BCUT2D eigenvalue weighted by Crippen LogP contribution is -2.01. The Hall–Kier alpha value is -1.77. The lowest BCUT2D eigenvalue weighted by Gasteiger charge is -2.08. The minimum atomic E-state index is 0.838. The Balaban J connectivity index is 2.50. The number of benzene rings is 1. The molecule has 90 valence electrons. The molecule has 2 aromatic rings. The second-order valence-corrected chi connectivity index (χ2v) is 4.39. The number of nitrogens with zero attached hydrogens (tertiary/aromatic N) is 2. The van der Waals surface area contributed by atoms with Gasteiger partial charge in [-0.15, -0.1) is 0 Å². The van der Waals surface area contributed by atoms with Crippen molar-refractivity contribution < 1.29 is 0 Å². The Morgan fingerprint density at radius 3 is 2.71 bits per heavy atom. The molecule has 1 aromatic heterocycles. The van der Waals surface area contributed by atoms with E-state index >= 15 is 0 Å². The van der Waals surface area contributed by atoms with E-state index < -0.39 is 0 Å². The molecule has 0 fully saturated rings. The van der Waals surface area contributed by atoms with Gasteiger partial charge in [-0.05, 0) is 37.5 Å². The standard InChI is InChI=1S/C14H19N3/c1-4-8-17-11(3)13(9-16-17)12-6-5-7-14(15)10(12)2/h5-7,9H,4,8,15H2,1-3H3. The third-order valence-electron chi connectivity index (χ3n) is 3.20. The molecular formula is C14H19N3. The Kier molecular flexibility index (Phi) is 3.18. The van der Waals surface area contributed by atoms with Crippen LogP contribution in [0.5, 0.6) is 0 Å². The topological polar surface area (TPSA) is 43.8 Å². The van der Waals surface area contributed by atoms with Gasteiger partial charge in [-0.2, -0.15) is 5.10 Å². The SMILES string of the molecule is CCCn1ncc(-c2cccc(N)c2C)c1C. The minimum absolute atomic E-state index is 0.838. The highest BCUT2D eigenvalue weighted by molar-refractivity contribution is 5.73. The van der Waals surface area contributed by atoms with Gasteiger partial charge in [0.05, 0.1) is 6.20 Å². The minimum Gasteiger partial charge on any atom is -0.398 e. The summed E-state index contributed by atoms with van der Waals surface area (Å²) in [7, 11) is 0. The molecule has 0 unspecified atom stereocenters. The predicted molar refractivity (Wildman–Crippen MR) is 71.8 cm³/mol. The quantitative estimate of drug-likeness (QED) is 0.822. The van der Waals surface area contributed by atoms with E-state index in [-0.39, 0.29) is 0 Å². The first-order valence-corrected chi connectivity index (χ1v) is 6.03. The zero-order chi connectivity index (χ0) is 12.4. The van der Waals surface area contributed by atoms with Crippen LogP contribution in [0.25, 0.3) is 11.1 Å². The van der Waals surface area contributed by atoms with E-state index in [0.29, 0.717) is 0 Å². The molecule has 1 heterocycles. The molecule has 1 aromatic carbocycles. The molecule has 0 radical (unpaired) electrons. The van der Waals surface area contributed by atoms with Crippen LogP contribution < -0.4 is 5.73 Å². The lowest BCUT2D eigenvalue weighted by atomic mass is 10.00. The summed E-state index contributed by atoms with van der Waals surface area (Å²) < 4.78 is 2.05. The average Bonchev–Trinajstić information content (AvgIpc) is 2.66. The van der Waals surface area contributed by atoms with Crippen molar-refractivity contribution >= 4 is 5.69 Å². The Bertz CT molecular complexity index is 526. The fourth-order valence-electron chi connectivity index (χ4n) is 2.09. The molecular weight excluding hydrogens is 210 g/mol. The zero-order valence-corrected chi connectivity index (χ0v) is 10.7. The van der Waals surface area contributed by atoms with E-state index in [9.17, 15) is 0 Å². The number of nitrogens with two attached hydrogens (primary N) is 1. The van der Waals surface area contributed by atoms with Crippen molar-refractivity contribution in [2.45, 2.75) is 33.7 Å². The van der Waals surface area contributed by atoms with E-state index in [1.165, 1.54) is 16.8 Å². The van der Waals surface area contributed by atoms with Crippen LogP contribution in [0.15, 0.2) is 24.4 Å². The highest BCUT2D eigenvalue weighted by Crippen LogP contribution is 2.29. The van der Waals surface area contributed by atoms with Gasteiger partial charge < -0.3 is 5.73 Å². The smallest absolute Gasteiger partial charge is 0.0571 e. The maximum absolute atomic E-state index is 5.95. The van der Waals surface area contributed by atoms with Crippen molar-refractivity contribution in [3.63, 3.8) is 0 Å². The molecule has 0 saturated heterocycles. The molecule has 17 heavy (non-hydrogen) atoms. The highest BCUT2D eigenvalue weighted by Gasteiger charge is 2.11. The van der Waals surface area contributed by atoms with E-state index in [2.05, 4.69) is 36.6 Å². The van der Waals surface area contributed by atoms with E-state index in [1.807, 2.05) is 18.3 Å². The maximum Gasteiger partial charge on any atom is 0.0571 e. The van der Waals surface area contributed by atoms with Crippen LogP contribution >= 0.6 is 0 Å². The van der Waals surface area contributed by atoms with Crippen LogP contribution in [-0.4, -0.2) is 9.78 Å². The first kappa shape index (κ1) is 11.7. The van der Waals surface area contributed by atoms with Crippen molar-refractivity contribution in [3.05, 3.63) is 35.7 Å². The molecule has 2 N–H and O–H groups in total. The van der Waals surface area contributed by atoms with Gasteiger partial charge in [-0.3, -0.25) is 4.68 Å². The molecule has 0 atom stereocenters. The Morgan fingerprint density at radius 2 is 2.00 bits per heavy atom. The number of hydrogen-bond donors (Lipinski definition) is 1. The van der Waals surface area contributed by atoms with Crippen molar-refractivity contribution in [1.82, 2.24) is 9.78 Å². The Labute approximate surface area is 102 Å². The number of nitrogen functional groups attached to an aromatic ring is 1.